The van der Waals surface area contributed by atoms with Gasteiger partial charge >= 0.3 is 0 Å². The minimum atomic E-state index is -0.607. The number of anilines is 1. The van der Waals surface area contributed by atoms with Crippen LogP contribution in [0, 0.1) is 5.41 Å². The van der Waals surface area contributed by atoms with Crippen molar-refractivity contribution < 1.29 is 19.3 Å². The Morgan fingerprint density at radius 3 is 2.90 bits per heavy atom. The van der Waals surface area contributed by atoms with Gasteiger partial charge in [-0.25, -0.2) is 4.98 Å². The molecule has 3 unspecified atom stereocenters. The average Bonchev–Trinajstić information content (AvgIpc) is 3.33. The van der Waals surface area contributed by atoms with Crippen LogP contribution in [0.5, 0.6) is 11.5 Å². The number of aliphatic hydroxyl groups is 1. The molecule has 1 aromatic carbocycles. The molecule has 4 heterocycles. The number of fused-ring (bicyclic) bond motifs is 5. The van der Waals surface area contributed by atoms with Crippen LogP contribution in [-0.4, -0.2) is 77.8 Å². The van der Waals surface area contributed by atoms with Crippen molar-refractivity contribution >= 4 is 16.7 Å². The van der Waals surface area contributed by atoms with Crippen molar-refractivity contribution in [3.63, 3.8) is 0 Å². The molecule has 0 amide bonds. The number of hydrogen-bond donors (Lipinski definition) is 3. The predicted molar refractivity (Wildman–Crippen MR) is 106 cm³/mol. The first-order chi connectivity index (χ1) is 14.1. The number of hydrogen-bond acceptors (Lipinski definition) is 8. The molecule has 0 aliphatic carbocycles. The second kappa shape index (κ2) is 7.47. The van der Waals surface area contributed by atoms with Crippen molar-refractivity contribution in [1.82, 2.24) is 14.5 Å². The Kier molecular flexibility index (Phi) is 4.81. The summed E-state index contributed by atoms with van der Waals surface area (Å²) in [5, 5.41) is 22.9. The Labute approximate surface area is 168 Å². The number of benzene rings is 1. The molecule has 0 spiro atoms. The van der Waals surface area contributed by atoms with E-state index in [1.165, 1.54) is 0 Å². The van der Waals surface area contributed by atoms with Gasteiger partial charge in [-0.1, -0.05) is 0 Å². The lowest BCUT2D eigenvalue weighted by atomic mass is 10.2. The molecule has 5 rings (SSSR count). The lowest BCUT2D eigenvalue weighted by Gasteiger charge is -2.33. The smallest absolute Gasteiger partial charge is 0.224 e. The summed E-state index contributed by atoms with van der Waals surface area (Å²) in [6.45, 7) is 3.99. The fourth-order valence-electron chi connectivity index (χ4n) is 4.66. The van der Waals surface area contributed by atoms with E-state index in [-0.39, 0.29) is 12.2 Å². The summed E-state index contributed by atoms with van der Waals surface area (Å²) in [5.41, 5.74) is 0.782. The number of ether oxygens (including phenoxy) is 3. The highest BCUT2D eigenvalue weighted by molar-refractivity contribution is 5.95. The molecule has 2 saturated heterocycles. The molecule has 3 N–H and O–H groups in total. The molecule has 29 heavy (non-hydrogen) atoms. The maximum Gasteiger partial charge on any atom is 0.224 e. The Balaban J connectivity index is 1.31. The van der Waals surface area contributed by atoms with Gasteiger partial charge in [0, 0.05) is 38.1 Å². The minimum absolute atomic E-state index is 0.167. The van der Waals surface area contributed by atoms with Crippen LogP contribution in [0.25, 0.3) is 10.9 Å². The number of aliphatic hydroxyl groups excluding tert-OH is 1. The van der Waals surface area contributed by atoms with Gasteiger partial charge in [0.1, 0.15) is 24.0 Å². The molecule has 3 aliphatic heterocycles. The standard InChI is InChI=1S/C20H27N5O4/c1-27-18-16(5-4-15-17(18)23-20(21)25-7-6-22-19(15)25)28-11-12(26)8-24-9-13-2-3-14(10-24)29-13/h4-5,12-14,21-22,26H,2-3,6-11H2,1H3. The summed E-state index contributed by atoms with van der Waals surface area (Å²) >= 11 is 0. The first kappa shape index (κ1) is 18.7. The normalized spacial score (nSPS) is 24.3. The highest BCUT2D eigenvalue weighted by Gasteiger charge is 2.34. The van der Waals surface area contributed by atoms with E-state index in [0.717, 1.165) is 50.2 Å². The highest BCUT2D eigenvalue weighted by atomic mass is 16.5. The molecule has 1 aromatic heterocycles. The van der Waals surface area contributed by atoms with Gasteiger partial charge in [-0.3, -0.25) is 14.9 Å². The number of likely N-dealkylation sites (tertiary alicyclic amines) is 1. The van der Waals surface area contributed by atoms with Crippen LogP contribution in [0.2, 0.25) is 0 Å². The van der Waals surface area contributed by atoms with E-state index in [9.17, 15) is 5.11 Å². The van der Waals surface area contributed by atoms with Gasteiger partial charge in [0.25, 0.3) is 0 Å². The van der Waals surface area contributed by atoms with Crippen LogP contribution >= 0.6 is 0 Å². The van der Waals surface area contributed by atoms with Crippen LogP contribution < -0.4 is 20.4 Å². The summed E-state index contributed by atoms with van der Waals surface area (Å²) in [6.07, 6.45) is 2.24. The lowest BCUT2D eigenvalue weighted by Crippen LogP contribution is -2.46. The predicted octanol–water partition coefficient (Wildman–Crippen LogP) is 0.553. The van der Waals surface area contributed by atoms with E-state index >= 15 is 0 Å². The van der Waals surface area contributed by atoms with Gasteiger partial charge in [0.2, 0.25) is 5.62 Å². The van der Waals surface area contributed by atoms with E-state index in [4.69, 9.17) is 19.6 Å². The fraction of sp³-hybridized carbons (Fsp3) is 0.600. The summed E-state index contributed by atoms with van der Waals surface area (Å²) < 4.78 is 19.2. The van der Waals surface area contributed by atoms with E-state index < -0.39 is 6.10 Å². The van der Waals surface area contributed by atoms with Crippen molar-refractivity contribution in [3.05, 3.63) is 17.8 Å². The monoisotopic (exact) mass is 401 g/mol. The highest BCUT2D eigenvalue weighted by Crippen LogP contribution is 2.37. The molecule has 2 aromatic rings. The van der Waals surface area contributed by atoms with Crippen LogP contribution in [0.4, 0.5) is 5.82 Å². The molecular weight excluding hydrogens is 374 g/mol. The quantitative estimate of drug-likeness (QED) is 0.649. The number of morpholine rings is 1. The first-order valence-corrected chi connectivity index (χ1v) is 10.2. The number of rotatable bonds is 6. The summed E-state index contributed by atoms with van der Waals surface area (Å²) in [6, 6.07) is 3.77. The van der Waals surface area contributed by atoms with Crippen molar-refractivity contribution in [2.75, 3.05) is 45.2 Å². The van der Waals surface area contributed by atoms with Crippen molar-refractivity contribution in [2.24, 2.45) is 0 Å². The molecule has 0 saturated carbocycles. The molecule has 3 aliphatic rings. The maximum atomic E-state index is 10.5. The molecule has 2 bridgehead atoms. The zero-order chi connectivity index (χ0) is 20.0. The third kappa shape index (κ3) is 3.43. The number of methoxy groups -OCH3 is 1. The number of nitrogens with zero attached hydrogens (tertiary/aromatic N) is 3. The van der Waals surface area contributed by atoms with Crippen LogP contribution in [0.3, 0.4) is 0 Å². The zero-order valence-electron chi connectivity index (χ0n) is 16.6. The van der Waals surface area contributed by atoms with E-state index in [0.29, 0.717) is 35.8 Å². The van der Waals surface area contributed by atoms with Crippen molar-refractivity contribution in [3.8, 4) is 11.5 Å². The number of aromatic nitrogens is 2. The van der Waals surface area contributed by atoms with Crippen LogP contribution in [0.15, 0.2) is 12.1 Å². The van der Waals surface area contributed by atoms with Gasteiger partial charge in [-0.05, 0) is 25.0 Å². The summed E-state index contributed by atoms with van der Waals surface area (Å²) in [5.74, 6) is 1.90. The van der Waals surface area contributed by atoms with Crippen LogP contribution in [0.1, 0.15) is 12.8 Å². The Bertz CT molecular complexity index is 965. The third-order valence-corrected chi connectivity index (χ3v) is 5.95. The van der Waals surface area contributed by atoms with Gasteiger partial charge in [-0.15, -0.1) is 0 Å². The van der Waals surface area contributed by atoms with Crippen LogP contribution in [-0.2, 0) is 11.3 Å². The van der Waals surface area contributed by atoms with Gasteiger partial charge < -0.3 is 24.6 Å². The molecule has 3 atom stereocenters. The average molecular weight is 401 g/mol. The topological polar surface area (TPSA) is 105 Å². The first-order valence-electron chi connectivity index (χ1n) is 10.2. The van der Waals surface area contributed by atoms with Gasteiger partial charge in [-0.2, -0.15) is 0 Å². The van der Waals surface area contributed by atoms with Crippen molar-refractivity contribution in [2.45, 2.75) is 37.7 Å². The molecule has 156 valence electrons. The van der Waals surface area contributed by atoms with E-state index in [2.05, 4.69) is 15.2 Å². The second-order valence-electron chi connectivity index (χ2n) is 8.00. The summed E-state index contributed by atoms with van der Waals surface area (Å²) in [4.78, 5) is 6.68. The van der Waals surface area contributed by atoms with Gasteiger partial charge in [0.15, 0.2) is 11.5 Å². The molecular formula is C20H27N5O4. The van der Waals surface area contributed by atoms with E-state index in [1.54, 1.807) is 7.11 Å². The SMILES string of the molecule is COc1c(OCC(O)CN2CC3CCC(C2)O3)ccc2c3n(c(=N)nc12)CCN3. The Morgan fingerprint density at radius 1 is 1.34 bits per heavy atom. The number of nitrogens with one attached hydrogen (secondary N) is 2. The van der Waals surface area contributed by atoms with Gasteiger partial charge in [0.05, 0.1) is 19.3 Å². The zero-order valence-corrected chi connectivity index (χ0v) is 16.6. The molecule has 9 heteroatoms. The largest absolute Gasteiger partial charge is 0.491 e. The number of β-amino-alcohol motifs (C(OH)–C–C–N with tert-alkyl or cyclic N) is 1. The molecule has 0 radical (unpaired) electrons. The minimum Gasteiger partial charge on any atom is -0.491 e. The maximum absolute atomic E-state index is 10.5. The second-order valence-corrected chi connectivity index (χ2v) is 8.00. The molecule has 2 fully saturated rings. The van der Waals surface area contributed by atoms with Crippen molar-refractivity contribution in [1.29, 1.82) is 5.41 Å². The fourth-order valence-corrected chi connectivity index (χ4v) is 4.66. The van der Waals surface area contributed by atoms with E-state index in [1.807, 2.05) is 16.7 Å². The third-order valence-electron chi connectivity index (χ3n) is 5.95. The Hall–Kier alpha value is -2.36. The Morgan fingerprint density at radius 2 is 2.14 bits per heavy atom. The molecule has 9 nitrogen and oxygen atoms in total. The lowest BCUT2D eigenvalue weighted by molar-refractivity contribution is -0.0529. The summed E-state index contributed by atoms with van der Waals surface area (Å²) in [7, 11) is 1.57.